The molecule has 1 aliphatic heterocycles. The van der Waals surface area contributed by atoms with Crippen molar-refractivity contribution in [2.75, 3.05) is 13.2 Å². The van der Waals surface area contributed by atoms with Gasteiger partial charge in [-0.1, -0.05) is 0 Å². The third kappa shape index (κ3) is 5.62. The quantitative estimate of drug-likeness (QED) is 0.747. The molecule has 0 aliphatic carbocycles. The van der Waals surface area contributed by atoms with Crippen molar-refractivity contribution < 1.29 is 9.53 Å². The highest BCUT2D eigenvalue weighted by Crippen LogP contribution is 2.14. The molecular weight excluding hydrogens is 192 g/mol. The number of nitrogens with one attached hydrogen (secondary N) is 2. The smallest absolute Gasteiger partial charge is 0.314 e. The zero-order valence-corrected chi connectivity index (χ0v) is 9.71. The zero-order chi connectivity index (χ0) is 11.1. The SMILES string of the molecule is CC(C)NC(=O)NCCC1CCCCO1. The largest absolute Gasteiger partial charge is 0.378 e. The third-order valence-corrected chi connectivity index (χ3v) is 2.45. The van der Waals surface area contributed by atoms with Crippen molar-refractivity contribution in [3.8, 4) is 0 Å². The van der Waals surface area contributed by atoms with Gasteiger partial charge in [0, 0.05) is 19.2 Å². The molecule has 2 amide bonds. The summed E-state index contributed by atoms with van der Waals surface area (Å²) >= 11 is 0. The first kappa shape index (κ1) is 12.3. The number of hydrogen-bond acceptors (Lipinski definition) is 2. The maximum atomic E-state index is 11.2. The maximum Gasteiger partial charge on any atom is 0.314 e. The second-order valence-corrected chi connectivity index (χ2v) is 4.33. The molecule has 1 fully saturated rings. The summed E-state index contributed by atoms with van der Waals surface area (Å²) in [6, 6.07) is 0.108. The van der Waals surface area contributed by atoms with Gasteiger partial charge in [0.1, 0.15) is 0 Å². The zero-order valence-electron chi connectivity index (χ0n) is 9.71. The van der Waals surface area contributed by atoms with Gasteiger partial charge < -0.3 is 15.4 Å². The Kier molecular flexibility index (Phi) is 5.47. The molecule has 15 heavy (non-hydrogen) atoms. The van der Waals surface area contributed by atoms with Gasteiger partial charge in [0.15, 0.2) is 0 Å². The highest BCUT2D eigenvalue weighted by molar-refractivity contribution is 5.73. The van der Waals surface area contributed by atoms with Crippen LogP contribution in [-0.4, -0.2) is 31.3 Å². The van der Waals surface area contributed by atoms with Gasteiger partial charge in [-0.15, -0.1) is 0 Å². The van der Waals surface area contributed by atoms with Crippen LogP contribution in [0.5, 0.6) is 0 Å². The molecule has 0 saturated carbocycles. The van der Waals surface area contributed by atoms with Gasteiger partial charge in [-0.25, -0.2) is 4.79 Å². The summed E-state index contributed by atoms with van der Waals surface area (Å²) in [6.07, 6.45) is 4.83. The number of carbonyl (C=O) groups excluding carboxylic acids is 1. The highest BCUT2D eigenvalue weighted by atomic mass is 16.5. The fraction of sp³-hybridized carbons (Fsp3) is 0.909. The predicted molar refractivity (Wildman–Crippen MR) is 59.9 cm³/mol. The van der Waals surface area contributed by atoms with E-state index in [2.05, 4.69) is 10.6 Å². The summed E-state index contributed by atoms with van der Waals surface area (Å²) < 4.78 is 5.57. The van der Waals surface area contributed by atoms with E-state index in [1.807, 2.05) is 13.8 Å². The van der Waals surface area contributed by atoms with Crippen molar-refractivity contribution in [3.05, 3.63) is 0 Å². The van der Waals surface area contributed by atoms with Crippen LogP contribution in [0.4, 0.5) is 4.79 Å². The normalized spacial score (nSPS) is 21.4. The summed E-state index contributed by atoms with van der Waals surface area (Å²) in [5.41, 5.74) is 0. The van der Waals surface area contributed by atoms with E-state index in [0.717, 1.165) is 19.4 Å². The molecule has 0 aromatic heterocycles. The predicted octanol–water partition coefficient (Wildman–Crippen LogP) is 1.65. The Hall–Kier alpha value is -0.770. The molecule has 4 nitrogen and oxygen atoms in total. The number of carbonyl (C=O) groups is 1. The van der Waals surface area contributed by atoms with Crippen LogP contribution >= 0.6 is 0 Å². The second-order valence-electron chi connectivity index (χ2n) is 4.33. The Morgan fingerprint density at radius 1 is 1.47 bits per heavy atom. The van der Waals surface area contributed by atoms with E-state index >= 15 is 0 Å². The number of amides is 2. The Morgan fingerprint density at radius 3 is 2.87 bits per heavy atom. The van der Waals surface area contributed by atoms with Crippen LogP contribution in [0.2, 0.25) is 0 Å². The number of rotatable bonds is 4. The average molecular weight is 214 g/mol. The fourth-order valence-corrected chi connectivity index (χ4v) is 1.69. The van der Waals surface area contributed by atoms with Crippen LogP contribution in [0.25, 0.3) is 0 Å². The fourth-order valence-electron chi connectivity index (χ4n) is 1.69. The molecule has 88 valence electrons. The minimum absolute atomic E-state index is 0.0826. The molecule has 0 aromatic rings. The standard InChI is InChI=1S/C11H22N2O2/c1-9(2)13-11(14)12-7-6-10-5-3-4-8-15-10/h9-10H,3-8H2,1-2H3,(H2,12,13,14). The van der Waals surface area contributed by atoms with E-state index in [0.29, 0.717) is 12.6 Å². The van der Waals surface area contributed by atoms with Crippen molar-refractivity contribution in [1.29, 1.82) is 0 Å². The first-order valence-electron chi connectivity index (χ1n) is 5.84. The molecule has 0 spiro atoms. The van der Waals surface area contributed by atoms with Gasteiger partial charge in [0.2, 0.25) is 0 Å². The van der Waals surface area contributed by atoms with Crippen molar-refractivity contribution in [2.45, 2.75) is 51.7 Å². The molecule has 0 radical (unpaired) electrons. The molecule has 2 N–H and O–H groups in total. The van der Waals surface area contributed by atoms with Crippen LogP contribution in [0, 0.1) is 0 Å². The molecule has 1 atom stereocenters. The molecule has 1 heterocycles. The van der Waals surface area contributed by atoms with Crippen LogP contribution in [0.15, 0.2) is 0 Å². The van der Waals surface area contributed by atoms with E-state index in [4.69, 9.17) is 4.74 Å². The third-order valence-electron chi connectivity index (χ3n) is 2.45. The van der Waals surface area contributed by atoms with Gasteiger partial charge in [-0.3, -0.25) is 0 Å². The molecule has 1 unspecified atom stereocenters. The lowest BCUT2D eigenvalue weighted by Crippen LogP contribution is -2.40. The summed E-state index contributed by atoms with van der Waals surface area (Å²) in [6.45, 7) is 5.47. The van der Waals surface area contributed by atoms with Crippen LogP contribution in [0.1, 0.15) is 39.5 Å². The first-order chi connectivity index (χ1) is 7.18. The maximum absolute atomic E-state index is 11.2. The van der Waals surface area contributed by atoms with Crippen molar-refractivity contribution in [3.63, 3.8) is 0 Å². The minimum Gasteiger partial charge on any atom is -0.378 e. The molecule has 4 heteroatoms. The van der Waals surface area contributed by atoms with E-state index in [9.17, 15) is 4.79 Å². The lowest BCUT2D eigenvalue weighted by Gasteiger charge is -2.22. The Bertz CT molecular complexity index is 189. The minimum atomic E-state index is -0.0826. The first-order valence-corrected chi connectivity index (χ1v) is 5.84. The summed E-state index contributed by atoms with van der Waals surface area (Å²) in [5, 5.41) is 5.62. The van der Waals surface area contributed by atoms with Gasteiger partial charge in [-0.05, 0) is 39.5 Å². The lowest BCUT2D eigenvalue weighted by molar-refractivity contribution is 0.0120. The van der Waals surface area contributed by atoms with Crippen molar-refractivity contribution in [2.24, 2.45) is 0 Å². The number of urea groups is 1. The van der Waals surface area contributed by atoms with Gasteiger partial charge in [0.25, 0.3) is 0 Å². The molecule has 1 rings (SSSR count). The van der Waals surface area contributed by atoms with E-state index < -0.39 is 0 Å². The van der Waals surface area contributed by atoms with E-state index in [1.165, 1.54) is 12.8 Å². The van der Waals surface area contributed by atoms with E-state index in [-0.39, 0.29) is 12.1 Å². The monoisotopic (exact) mass is 214 g/mol. The second kappa shape index (κ2) is 6.67. The van der Waals surface area contributed by atoms with Gasteiger partial charge >= 0.3 is 6.03 Å². The summed E-state index contributed by atoms with van der Waals surface area (Å²) in [4.78, 5) is 11.2. The van der Waals surface area contributed by atoms with Crippen LogP contribution in [0.3, 0.4) is 0 Å². The van der Waals surface area contributed by atoms with Crippen LogP contribution in [-0.2, 0) is 4.74 Å². The van der Waals surface area contributed by atoms with Gasteiger partial charge in [0.05, 0.1) is 6.10 Å². The lowest BCUT2D eigenvalue weighted by atomic mass is 10.1. The summed E-state index contributed by atoms with van der Waals surface area (Å²) in [7, 11) is 0. The van der Waals surface area contributed by atoms with Crippen molar-refractivity contribution >= 4 is 6.03 Å². The number of hydrogen-bond donors (Lipinski definition) is 2. The Morgan fingerprint density at radius 2 is 2.27 bits per heavy atom. The summed E-state index contributed by atoms with van der Waals surface area (Å²) in [5.74, 6) is 0. The number of ether oxygens (including phenoxy) is 1. The Balaban J connectivity index is 2.02. The molecule has 1 saturated heterocycles. The van der Waals surface area contributed by atoms with Gasteiger partial charge in [-0.2, -0.15) is 0 Å². The molecule has 0 aromatic carbocycles. The molecule has 1 aliphatic rings. The Labute approximate surface area is 91.8 Å². The molecular formula is C11H22N2O2. The highest BCUT2D eigenvalue weighted by Gasteiger charge is 2.13. The average Bonchev–Trinajstić information content (AvgIpc) is 2.18. The van der Waals surface area contributed by atoms with E-state index in [1.54, 1.807) is 0 Å². The van der Waals surface area contributed by atoms with Crippen LogP contribution < -0.4 is 10.6 Å². The topological polar surface area (TPSA) is 50.4 Å². The molecule has 0 bridgehead atoms. The van der Waals surface area contributed by atoms with Crippen molar-refractivity contribution in [1.82, 2.24) is 10.6 Å².